The number of ether oxygens (including phenoxy) is 6. The number of pyridine rings is 1. The molecule has 119 heavy (non-hydrogen) atoms. The first kappa shape index (κ1) is 88.5. The molecule has 2 saturated heterocycles. The van der Waals surface area contributed by atoms with Gasteiger partial charge in [-0.1, -0.05) is 64.2 Å². The Kier molecular flexibility index (Phi) is 27.2. The van der Waals surface area contributed by atoms with Crippen LogP contribution in [0.4, 0.5) is 21.4 Å². The first-order chi connectivity index (χ1) is 56.4. The van der Waals surface area contributed by atoms with Crippen LogP contribution in [0.25, 0.3) is 21.3 Å². The number of thiazole rings is 1. The van der Waals surface area contributed by atoms with Crippen molar-refractivity contribution in [2.45, 2.75) is 199 Å². The van der Waals surface area contributed by atoms with Crippen LogP contribution in [0.1, 0.15) is 148 Å². The molecule has 4 saturated carbocycles. The monoisotopic (exact) mass is 1690 g/mol. The van der Waals surface area contributed by atoms with E-state index in [0.29, 0.717) is 70.4 Å². The highest BCUT2D eigenvalue weighted by Gasteiger charge is 2.66. The van der Waals surface area contributed by atoms with Gasteiger partial charge in [-0.15, -0.1) is 0 Å². The molecular weight excluding hydrogens is 1590 g/mol. The summed E-state index contributed by atoms with van der Waals surface area (Å²) in [6, 6.07) is 15.0. The number of nitrogens with one attached hydrogen (secondary N) is 5. The van der Waals surface area contributed by atoms with Crippen molar-refractivity contribution in [1.29, 1.82) is 0 Å². The average Bonchev–Trinajstić information content (AvgIpc) is 0.911. The lowest BCUT2D eigenvalue weighted by molar-refractivity contribution is -0.248. The summed E-state index contributed by atoms with van der Waals surface area (Å²) in [5.74, 6) is -6.68. The number of carbonyl (C=O) groups excluding carboxylic acids is 7. The van der Waals surface area contributed by atoms with Gasteiger partial charge in [0.15, 0.2) is 16.9 Å². The molecule has 13 rings (SSSR count). The molecule has 2 unspecified atom stereocenters. The topological polar surface area (TPSA) is 478 Å². The van der Waals surface area contributed by atoms with Gasteiger partial charge in [-0.2, -0.15) is 13.5 Å². The molecule has 11 N–H and O–H groups in total. The standard InChI is InChI=1S/C82H106N12O23S2/c1-10-63(95)86-58-32-51(37-114-29-30-119(109,110)111)93(74(58)103)35-64(96)89-65(45(2)3)73(102)84-46(4)71(100)85-50-17-15-49(48(31-50)16-20-60-67(97)68(98)69(99)70(117-60)76(106)107)36-115-78(108)91(25-27-112-8)26-28-116-82-41-79(6)38-80(7,42-82)40-81(39-79,43-82)44-94-47(5)55(33-83-94)53-19-22-62(88-66(53)75(104)105)92-24-23-52-56(34-92)54(18-21-59(52)113-9)72(101)90-77-87-57-13-11-12-14-61(57)118-77/h11-15,17-19,21-22,31,33,45-46,51,58,60,65,67-70,97-99H,10,16,20,23-30,32,34-44H2,1-9H3,(H,84,102)(H,85,100)(H,86,95)(H,89,96)(H,104,105)(H,106,107)(H,87,90,101)(H,109,110,111)/t46-,51-,58-,60-,65-,67-,68+,69-,70-,79?,80?,81?,82?/m0/s1. The number of aliphatic hydroxyl groups excluding tert-OH is 3. The Hall–Kier alpha value is -9.83. The predicted octanol–water partition coefficient (Wildman–Crippen LogP) is 5.66. The summed E-state index contributed by atoms with van der Waals surface area (Å²) in [6.45, 7) is 13.0. The van der Waals surface area contributed by atoms with Gasteiger partial charge in [0.25, 0.3) is 16.0 Å². The van der Waals surface area contributed by atoms with Gasteiger partial charge >= 0.3 is 18.0 Å². The minimum absolute atomic E-state index is 0.00959. The number of para-hydroxylation sites is 1. The van der Waals surface area contributed by atoms with E-state index in [1.165, 1.54) is 36.3 Å². The predicted molar refractivity (Wildman–Crippen MR) is 433 cm³/mol. The molecule has 3 aliphatic heterocycles. The molecule has 4 aliphatic carbocycles. The summed E-state index contributed by atoms with van der Waals surface area (Å²) in [4.78, 5) is 136. The van der Waals surface area contributed by atoms with Gasteiger partial charge in [0.2, 0.25) is 29.5 Å². The zero-order valence-electron chi connectivity index (χ0n) is 68.0. The third kappa shape index (κ3) is 20.5. The normalized spacial score (nSPS) is 25.0. The van der Waals surface area contributed by atoms with E-state index < -0.39 is 143 Å². The zero-order chi connectivity index (χ0) is 85.8. The number of aliphatic hydroxyl groups is 3. The number of methoxy groups -OCH3 is 2. The highest BCUT2D eigenvalue weighted by molar-refractivity contribution is 7.85. The van der Waals surface area contributed by atoms with Crippen molar-refractivity contribution in [2.75, 3.05) is 88.1 Å². The fourth-order valence-electron chi connectivity index (χ4n) is 19.1. The molecule has 0 spiro atoms. The first-order valence-electron chi connectivity index (χ1n) is 39.9. The van der Waals surface area contributed by atoms with Gasteiger partial charge in [-0.05, 0) is 165 Å². The second-order valence-corrected chi connectivity index (χ2v) is 36.0. The first-order valence-corrected chi connectivity index (χ1v) is 42.3. The van der Waals surface area contributed by atoms with Crippen molar-refractivity contribution < 1.29 is 110 Å². The molecule has 7 amide bonds. The molecule has 35 nitrogen and oxygen atoms in total. The Morgan fingerprint density at radius 2 is 1.55 bits per heavy atom. The van der Waals surface area contributed by atoms with Crippen molar-refractivity contribution in [1.82, 2.24) is 45.5 Å². The molecule has 644 valence electrons. The van der Waals surface area contributed by atoms with E-state index in [1.807, 2.05) is 46.8 Å². The van der Waals surface area contributed by atoms with Gasteiger partial charge < -0.3 is 89.9 Å². The quantitative estimate of drug-likeness (QED) is 0.0167. The van der Waals surface area contributed by atoms with E-state index in [-0.39, 0.29) is 105 Å². The van der Waals surface area contributed by atoms with Crippen molar-refractivity contribution in [3.8, 4) is 16.9 Å². The molecule has 4 bridgehead atoms. The summed E-state index contributed by atoms with van der Waals surface area (Å²) in [7, 11) is -1.28. The number of aromatic carboxylic acids is 1. The van der Waals surface area contributed by atoms with Crippen LogP contribution in [0, 0.1) is 29.1 Å². The molecular formula is C82H106N12O23S2. The number of carboxylic acids is 2. The van der Waals surface area contributed by atoms with Crippen LogP contribution < -0.4 is 36.2 Å². The summed E-state index contributed by atoms with van der Waals surface area (Å²) in [5, 5.41) is 72.0. The SMILES string of the molecule is CCC(=O)N[C@H]1C[C@@H](COCCS(=O)(=O)O)N(CC(=O)N[C@H](C(=O)N[C@@H](C)C(=O)Nc2ccc(COC(=O)N(CCOC)CCOC34CC5(C)CC(C)(CC(Cn6ncc(-c7ccc(N8CCc9c(OC)ccc(C(=O)Nc%10nc%11ccccc%11s%10)c9C8)nc7C(=O)O)c6C)(C5)C3)C4)c(CC[C@@H]3O[C@H](C(=O)O)[C@@H](O)[C@H](O)[C@H]3O)c2)C(C)C)C1=O. The minimum Gasteiger partial charge on any atom is -0.496 e. The van der Waals surface area contributed by atoms with E-state index in [9.17, 15) is 77.1 Å². The number of aromatic nitrogens is 4. The zero-order valence-corrected chi connectivity index (χ0v) is 69.7. The van der Waals surface area contributed by atoms with Crippen LogP contribution >= 0.6 is 11.3 Å². The van der Waals surface area contributed by atoms with Crippen molar-refractivity contribution >= 4 is 102 Å². The summed E-state index contributed by atoms with van der Waals surface area (Å²) in [5.41, 5.74) is 4.38. The Labute approximate surface area is 692 Å². The second-order valence-electron chi connectivity index (χ2n) is 33.4. The van der Waals surface area contributed by atoms with Crippen LogP contribution in [-0.2, 0) is 95.1 Å². The Bertz CT molecular complexity index is 4890. The maximum absolute atomic E-state index is 14.5. The summed E-state index contributed by atoms with van der Waals surface area (Å²) in [6.07, 6.45) is -2.36. The number of anilines is 3. The number of carbonyl (C=O) groups is 9. The molecule has 37 heteroatoms. The van der Waals surface area contributed by atoms with Gasteiger partial charge in [-0.3, -0.25) is 43.3 Å². The number of amides is 7. The van der Waals surface area contributed by atoms with E-state index in [2.05, 4.69) is 45.4 Å². The maximum Gasteiger partial charge on any atom is 0.410 e. The van der Waals surface area contributed by atoms with Crippen LogP contribution in [0.5, 0.6) is 5.75 Å². The number of aryl methyl sites for hydroxylation is 1. The molecule has 3 aromatic carbocycles. The third-order valence-electron chi connectivity index (χ3n) is 23.7. The minimum atomic E-state index is -4.37. The fourth-order valence-corrected chi connectivity index (χ4v) is 20.3. The lowest BCUT2D eigenvalue weighted by Gasteiger charge is -2.69. The number of hydrogen-bond acceptors (Lipinski definition) is 25. The molecule has 7 aliphatic rings. The fraction of sp³-hybridized carbons (Fsp3) is 0.561. The van der Waals surface area contributed by atoms with E-state index >= 15 is 0 Å². The van der Waals surface area contributed by atoms with Crippen molar-refractivity contribution in [3.05, 3.63) is 112 Å². The van der Waals surface area contributed by atoms with E-state index in [0.717, 1.165) is 64.0 Å². The highest BCUT2D eigenvalue weighted by atomic mass is 32.2. The van der Waals surface area contributed by atoms with Crippen molar-refractivity contribution in [3.63, 3.8) is 0 Å². The van der Waals surface area contributed by atoms with Crippen molar-refractivity contribution in [2.24, 2.45) is 22.2 Å². The molecule has 3 aromatic heterocycles. The van der Waals surface area contributed by atoms with Gasteiger partial charge in [-0.25, -0.2) is 24.4 Å². The Balaban J connectivity index is 0.697. The lowest BCUT2D eigenvalue weighted by atomic mass is 9.39. The van der Waals surface area contributed by atoms with Crippen LogP contribution in [0.2, 0.25) is 0 Å². The molecule has 6 aromatic rings. The lowest BCUT2D eigenvalue weighted by Crippen LogP contribution is -2.64. The summed E-state index contributed by atoms with van der Waals surface area (Å²) >= 11 is 1.38. The molecule has 6 heterocycles. The highest BCUT2D eigenvalue weighted by Crippen LogP contribution is 2.72. The number of likely N-dealkylation sites (tertiary alicyclic amines) is 1. The van der Waals surface area contributed by atoms with Crippen LogP contribution in [-0.4, -0.2) is 254 Å². The molecule has 0 radical (unpaired) electrons. The number of rotatable bonds is 36. The van der Waals surface area contributed by atoms with Crippen LogP contribution in [0.15, 0.2) is 72.9 Å². The smallest absolute Gasteiger partial charge is 0.410 e. The maximum atomic E-state index is 14.5. The Morgan fingerprint density at radius 1 is 0.807 bits per heavy atom. The van der Waals surface area contributed by atoms with Gasteiger partial charge in [0, 0.05) is 79.9 Å². The third-order valence-corrected chi connectivity index (χ3v) is 25.3. The average molecular weight is 1690 g/mol. The number of carboxylic acid groups (broad SMARTS) is 2. The summed E-state index contributed by atoms with van der Waals surface area (Å²) < 4.78 is 70.2. The Morgan fingerprint density at radius 3 is 2.24 bits per heavy atom. The largest absolute Gasteiger partial charge is 0.496 e. The molecule has 6 fully saturated rings. The second kappa shape index (κ2) is 36.6. The number of benzene rings is 3. The van der Waals surface area contributed by atoms with E-state index in [1.54, 1.807) is 64.4 Å². The van der Waals surface area contributed by atoms with Gasteiger partial charge in [0.05, 0.1) is 80.0 Å². The molecule has 11 atom stereocenters. The number of aliphatic carboxylic acids is 1. The number of fused-ring (bicyclic) bond motifs is 2. The van der Waals surface area contributed by atoms with E-state index in [4.69, 9.17) is 43.1 Å². The number of hydrogen-bond donors (Lipinski definition) is 11. The van der Waals surface area contributed by atoms with Crippen LogP contribution in [0.3, 0.4) is 0 Å². The van der Waals surface area contributed by atoms with Gasteiger partial charge in [0.1, 0.15) is 54.6 Å². The number of nitrogens with zero attached hydrogens (tertiary/aromatic N) is 7.